The zero-order valence-corrected chi connectivity index (χ0v) is 13.2. The first-order valence-corrected chi connectivity index (χ1v) is 7.25. The third-order valence-corrected chi connectivity index (χ3v) is 3.86. The number of nitrogens with zero attached hydrogens (tertiary/aromatic N) is 1. The summed E-state index contributed by atoms with van der Waals surface area (Å²) in [7, 11) is 0. The average molecular weight is 382 g/mol. The summed E-state index contributed by atoms with van der Waals surface area (Å²) in [6.45, 7) is 2.02. The topological polar surface area (TPSA) is 52.0 Å². The van der Waals surface area contributed by atoms with Gasteiger partial charge < -0.3 is 10.2 Å². The van der Waals surface area contributed by atoms with Crippen molar-refractivity contribution in [3.63, 3.8) is 0 Å². The molecular weight excluding hydrogens is 372 g/mol. The molecule has 0 bridgehead atoms. The Morgan fingerprint density at radius 3 is 2.68 bits per heavy atom. The number of benzene rings is 2. The second-order valence-corrected chi connectivity index (χ2v) is 6.15. The third-order valence-electron chi connectivity index (χ3n) is 2.91. The second-order valence-electron chi connectivity index (χ2n) is 4.32. The highest BCUT2D eigenvalue weighted by molar-refractivity contribution is 9.10. The van der Waals surface area contributed by atoms with Gasteiger partial charge in [-0.15, -0.1) is 0 Å². The summed E-state index contributed by atoms with van der Waals surface area (Å²) in [5, 5.41) is 0. The summed E-state index contributed by atoms with van der Waals surface area (Å²) in [6, 6.07) is 9.71. The van der Waals surface area contributed by atoms with Crippen molar-refractivity contribution in [3.8, 4) is 11.5 Å². The fourth-order valence-electron chi connectivity index (χ4n) is 1.96. The van der Waals surface area contributed by atoms with Crippen molar-refractivity contribution in [1.82, 2.24) is 4.98 Å². The number of halogens is 2. The lowest BCUT2D eigenvalue weighted by atomic mass is 10.1. The van der Waals surface area contributed by atoms with Crippen molar-refractivity contribution in [1.29, 1.82) is 0 Å². The Morgan fingerprint density at radius 1 is 1.11 bits per heavy atom. The lowest BCUT2D eigenvalue weighted by molar-refractivity contribution is 0.620. The Morgan fingerprint density at radius 2 is 1.89 bits per heavy atom. The van der Waals surface area contributed by atoms with Crippen molar-refractivity contribution in [3.05, 3.63) is 44.8 Å². The molecule has 0 aliphatic heterocycles. The summed E-state index contributed by atoms with van der Waals surface area (Å²) in [6.07, 6.45) is 0. The van der Waals surface area contributed by atoms with Crippen molar-refractivity contribution in [2.45, 2.75) is 6.92 Å². The average Bonchev–Trinajstić information content (AvgIpc) is 2.76. The van der Waals surface area contributed by atoms with Gasteiger partial charge in [-0.1, -0.05) is 37.9 Å². The zero-order chi connectivity index (χ0) is 13.6. The second kappa shape index (κ2) is 4.65. The van der Waals surface area contributed by atoms with Crippen LogP contribution in [0.5, 0.6) is 0 Å². The minimum Gasteiger partial charge on any atom is -0.434 e. The van der Waals surface area contributed by atoms with Crippen molar-refractivity contribution in [2.75, 3.05) is 5.73 Å². The molecule has 0 aliphatic carbocycles. The highest BCUT2D eigenvalue weighted by atomic mass is 79.9. The molecule has 0 unspecified atom stereocenters. The van der Waals surface area contributed by atoms with E-state index in [1.165, 1.54) is 0 Å². The number of hydrogen-bond acceptors (Lipinski definition) is 3. The Bertz CT molecular complexity index is 780. The van der Waals surface area contributed by atoms with Crippen LogP contribution in [0.25, 0.3) is 22.6 Å². The summed E-state index contributed by atoms with van der Waals surface area (Å²) in [5.74, 6) is 0.582. The predicted octanol–water partition coefficient (Wildman–Crippen LogP) is 4.91. The van der Waals surface area contributed by atoms with Gasteiger partial charge in [-0.2, -0.15) is 0 Å². The molecule has 19 heavy (non-hydrogen) atoms. The normalized spacial score (nSPS) is 11.1. The molecule has 2 N–H and O–H groups in total. The minimum absolute atomic E-state index is 0.579. The first-order chi connectivity index (χ1) is 9.04. The maximum Gasteiger partial charge on any atom is 0.227 e. The molecule has 1 aromatic heterocycles. The molecule has 3 rings (SSSR count). The van der Waals surface area contributed by atoms with Gasteiger partial charge in [-0.05, 0) is 36.8 Å². The molecule has 0 spiro atoms. The molecule has 0 fully saturated rings. The maximum absolute atomic E-state index is 5.94. The van der Waals surface area contributed by atoms with Gasteiger partial charge in [0.05, 0.1) is 5.69 Å². The number of rotatable bonds is 1. The minimum atomic E-state index is 0.579. The number of fused-ring (bicyclic) bond motifs is 1. The van der Waals surface area contributed by atoms with Crippen LogP contribution in [-0.4, -0.2) is 4.98 Å². The number of hydrogen-bond donors (Lipinski definition) is 1. The van der Waals surface area contributed by atoms with Gasteiger partial charge in [0.2, 0.25) is 5.89 Å². The zero-order valence-electron chi connectivity index (χ0n) is 10.1. The Hall–Kier alpha value is -1.33. The highest BCUT2D eigenvalue weighted by Crippen LogP contribution is 2.32. The van der Waals surface area contributed by atoms with E-state index >= 15 is 0 Å². The lowest BCUT2D eigenvalue weighted by Gasteiger charge is -2.01. The third kappa shape index (κ3) is 2.28. The standard InChI is InChI=1S/C14H10Br2N2O/c1-7-2-3-8(15)4-10(7)14-18-12-6-9(16)5-11(17)13(12)19-14/h2-6H,17H2,1H3. The number of aryl methyl sites for hydroxylation is 1. The van der Waals surface area contributed by atoms with E-state index in [0.29, 0.717) is 17.2 Å². The van der Waals surface area contributed by atoms with Crippen LogP contribution in [0.4, 0.5) is 5.69 Å². The van der Waals surface area contributed by atoms with Gasteiger partial charge in [0.1, 0.15) is 5.52 Å². The lowest BCUT2D eigenvalue weighted by Crippen LogP contribution is -1.84. The SMILES string of the molecule is Cc1ccc(Br)cc1-c1nc2cc(Br)cc(N)c2o1. The molecule has 0 atom stereocenters. The summed E-state index contributed by atoms with van der Waals surface area (Å²) in [4.78, 5) is 4.51. The summed E-state index contributed by atoms with van der Waals surface area (Å²) >= 11 is 6.87. The van der Waals surface area contributed by atoms with Gasteiger partial charge in [0.15, 0.2) is 5.58 Å². The highest BCUT2D eigenvalue weighted by Gasteiger charge is 2.13. The van der Waals surface area contributed by atoms with Gasteiger partial charge in [0.25, 0.3) is 0 Å². The van der Waals surface area contributed by atoms with E-state index in [1.807, 2.05) is 37.3 Å². The van der Waals surface area contributed by atoms with E-state index in [9.17, 15) is 0 Å². The van der Waals surface area contributed by atoms with Crippen LogP contribution in [0.3, 0.4) is 0 Å². The number of nitrogens with two attached hydrogens (primary N) is 1. The van der Waals surface area contributed by atoms with Crippen LogP contribution in [0.1, 0.15) is 5.56 Å². The molecule has 0 saturated carbocycles. The smallest absolute Gasteiger partial charge is 0.227 e. The van der Waals surface area contributed by atoms with Gasteiger partial charge in [0, 0.05) is 14.5 Å². The van der Waals surface area contributed by atoms with Crippen molar-refractivity contribution in [2.24, 2.45) is 0 Å². The molecule has 3 aromatic rings. The van der Waals surface area contributed by atoms with Crippen LogP contribution in [-0.2, 0) is 0 Å². The Balaban J connectivity index is 2.26. The first-order valence-electron chi connectivity index (χ1n) is 5.66. The number of aromatic nitrogens is 1. The van der Waals surface area contributed by atoms with Crippen LogP contribution in [0.15, 0.2) is 43.7 Å². The van der Waals surface area contributed by atoms with Crippen LogP contribution < -0.4 is 5.73 Å². The molecule has 0 amide bonds. The van der Waals surface area contributed by atoms with Crippen molar-refractivity contribution >= 4 is 48.6 Å². The molecule has 0 radical (unpaired) electrons. The van der Waals surface area contributed by atoms with Crippen LogP contribution in [0, 0.1) is 6.92 Å². The molecular formula is C14H10Br2N2O. The van der Waals surface area contributed by atoms with Gasteiger partial charge in [-0.3, -0.25) is 0 Å². The summed E-state index contributed by atoms with van der Waals surface area (Å²) < 4.78 is 7.68. The Labute approximate surface area is 127 Å². The van der Waals surface area contributed by atoms with Crippen LogP contribution in [0.2, 0.25) is 0 Å². The van der Waals surface area contributed by atoms with E-state index in [2.05, 4.69) is 36.8 Å². The molecule has 0 aliphatic rings. The fraction of sp³-hybridized carbons (Fsp3) is 0.0714. The summed E-state index contributed by atoms with van der Waals surface area (Å²) in [5.41, 5.74) is 9.96. The number of oxazole rings is 1. The van der Waals surface area contributed by atoms with Crippen LogP contribution >= 0.6 is 31.9 Å². The van der Waals surface area contributed by atoms with Crippen molar-refractivity contribution < 1.29 is 4.42 Å². The molecule has 3 nitrogen and oxygen atoms in total. The van der Waals surface area contributed by atoms with E-state index in [4.69, 9.17) is 10.2 Å². The quantitative estimate of drug-likeness (QED) is 0.609. The molecule has 1 heterocycles. The first kappa shape index (κ1) is 12.7. The Kier molecular flexibility index (Phi) is 3.11. The number of nitrogen functional groups attached to an aromatic ring is 1. The molecule has 96 valence electrons. The van der Waals surface area contributed by atoms with Gasteiger partial charge >= 0.3 is 0 Å². The number of anilines is 1. The van der Waals surface area contributed by atoms with E-state index in [1.54, 1.807) is 0 Å². The maximum atomic E-state index is 5.94. The fourth-order valence-corrected chi connectivity index (χ4v) is 2.79. The molecule has 2 aromatic carbocycles. The molecule has 0 saturated heterocycles. The van der Waals surface area contributed by atoms with Gasteiger partial charge in [-0.25, -0.2) is 4.98 Å². The monoisotopic (exact) mass is 380 g/mol. The predicted molar refractivity (Wildman–Crippen MR) is 84.0 cm³/mol. The largest absolute Gasteiger partial charge is 0.434 e. The van der Waals surface area contributed by atoms with E-state index < -0.39 is 0 Å². The molecule has 5 heteroatoms. The van der Waals surface area contributed by atoms with E-state index in [0.717, 1.165) is 25.6 Å². The van der Waals surface area contributed by atoms with E-state index in [-0.39, 0.29) is 0 Å².